The largest absolute Gasteiger partial charge is 0.380 e. The van der Waals surface area contributed by atoms with Gasteiger partial charge in [-0.05, 0) is 12.8 Å². The third-order valence-corrected chi connectivity index (χ3v) is 2.09. The van der Waals surface area contributed by atoms with Crippen LogP contribution < -0.4 is 0 Å². The fraction of sp³-hybridized carbons (Fsp3) is 1.00. The molecule has 0 aromatic carbocycles. The zero-order valence-electron chi connectivity index (χ0n) is 4.19. The van der Waals surface area contributed by atoms with Crippen molar-refractivity contribution in [2.45, 2.75) is 16.8 Å². The first-order valence-electron chi connectivity index (χ1n) is 2.61. The quantitative estimate of drug-likeness (QED) is 0.437. The van der Waals surface area contributed by atoms with Crippen LogP contribution in [0.3, 0.4) is 0 Å². The minimum absolute atomic E-state index is 0.784. The van der Waals surface area contributed by atoms with Crippen LogP contribution in [0, 0.1) is 0 Å². The molecule has 0 aromatic rings. The highest BCUT2D eigenvalue weighted by Crippen LogP contribution is 2.13. The van der Waals surface area contributed by atoms with Crippen LogP contribution in [0.5, 0.6) is 0 Å². The summed E-state index contributed by atoms with van der Waals surface area (Å²) in [5.74, 6) is 0. The molecule has 7 heavy (non-hydrogen) atoms. The van der Waals surface area contributed by atoms with Crippen LogP contribution in [0.1, 0.15) is 12.8 Å². The average molecular weight is 212 g/mol. The summed E-state index contributed by atoms with van der Waals surface area (Å²) in [6.07, 6.45) is 2.61. The van der Waals surface area contributed by atoms with E-state index >= 15 is 0 Å². The second-order valence-electron chi connectivity index (χ2n) is 1.81. The second-order valence-corrected chi connectivity index (χ2v) is 3.58. The predicted molar refractivity (Wildman–Crippen MR) is 37.9 cm³/mol. The van der Waals surface area contributed by atoms with Crippen molar-refractivity contribution in [1.29, 1.82) is 0 Å². The highest BCUT2D eigenvalue weighted by molar-refractivity contribution is 14.1. The van der Waals surface area contributed by atoms with E-state index in [-0.39, 0.29) is 0 Å². The smallest absolute Gasteiger partial charge is 0.0583 e. The minimum Gasteiger partial charge on any atom is -0.380 e. The Bertz CT molecular complexity index is 50.0. The van der Waals surface area contributed by atoms with Gasteiger partial charge in [-0.15, -0.1) is 0 Å². The lowest BCUT2D eigenvalue weighted by Crippen LogP contribution is -2.15. The molecule has 1 aliphatic heterocycles. The fourth-order valence-electron chi connectivity index (χ4n) is 0.701. The number of halogens is 1. The normalized spacial score (nSPS) is 33.0. The van der Waals surface area contributed by atoms with Gasteiger partial charge in [0.25, 0.3) is 0 Å². The van der Waals surface area contributed by atoms with E-state index in [0.717, 1.165) is 17.1 Å². The fourth-order valence-corrected chi connectivity index (χ4v) is 1.40. The molecule has 1 heterocycles. The van der Waals surface area contributed by atoms with Gasteiger partial charge in [-0.25, -0.2) is 0 Å². The summed E-state index contributed by atoms with van der Waals surface area (Å²) in [7, 11) is 0. The van der Waals surface area contributed by atoms with E-state index in [1.54, 1.807) is 0 Å². The molecule has 2 heteroatoms. The van der Waals surface area contributed by atoms with E-state index in [9.17, 15) is 0 Å². The molecular formula is C5H9IO. The number of rotatable bonds is 0. The molecule has 1 saturated heterocycles. The third kappa shape index (κ3) is 1.95. The zero-order valence-corrected chi connectivity index (χ0v) is 6.35. The molecule has 1 fully saturated rings. The molecule has 0 aromatic heterocycles. The summed E-state index contributed by atoms with van der Waals surface area (Å²) in [5, 5.41) is 0. The summed E-state index contributed by atoms with van der Waals surface area (Å²) < 4.78 is 5.96. The first-order valence-corrected chi connectivity index (χ1v) is 3.86. The predicted octanol–water partition coefficient (Wildman–Crippen LogP) is 1.60. The third-order valence-electron chi connectivity index (χ3n) is 1.10. The van der Waals surface area contributed by atoms with Crippen molar-refractivity contribution in [3.63, 3.8) is 0 Å². The van der Waals surface area contributed by atoms with Crippen molar-refractivity contribution in [2.75, 3.05) is 13.2 Å². The summed E-state index contributed by atoms with van der Waals surface area (Å²) in [6.45, 7) is 1.96. The van der Waals surface area contributed by atoms with Gasteiger partial charge in [0.15, 0.2) is 0 Å². The SMILES string of the molecule is IC1CCCOC1. The van der Waals surface area contributed by atoms with E-state index in [1.807, 2.05) is 0 Å². The standard InChI is InChI=1S/C5H9IO/c6-5-2-1-3-7-4-5/h5H,1-4H2. The Kier molecular flexibility index (Phi) is 2.38. The van der Waals surface area contributed by atoms with E-state index in [0.29, 0.717) is 0 Å². The molecule has 1 unspecified atom stereocenters. The van der Waals surface area contributed by atoms with Gasteiger partial charge >= 0.3 is 0 Å². The number of alkyl halides is 1. The Hall–Kier alpha value is 0.690. The number of hydrogen-bond acceptors (Lipinski definition) is 1. The first kappa shape index (κ1) is 5.82. The van der Waals surface area contributed by atoms with E-state index in [1.165, 1.54) is 12.8 Å². The Balaban J connectivity index is 2.12. The minimum atomic E-state index is 0.784. The summed E-state index contributed by atoms with van der Waals surface area (Å²) in [4.78, 5) is 0. The van der Waals surface area contributed by atoms with Crippen LogP contribution in [0.2, 0.25) is 0 Å². The van der Waals surface area contributed by atoms with E-state index < -0.39 is 0 Å². The molecular weight excluding hydrogens is 203 g/mol. The van der Waals surface area contributed by atoms with Crippen molar-refractivity contribution < 1.29 is 4.74 Å². The zero-order chi connectivity index (χ0) is 5.11. The Morgan fingerprint density at radius 3 is 2.71 bits per heavy atom. The molecule has 0 N–H and O–H groups in total. The highest BCUT2D eigenvalue weighted by atomic mass is 127. The topological polar surface area (TPSA) is 9.23 Å². The molecule has 0 spiro atoms. The van der Waals surface area contributed by atoms with Crippen LogP contribution in [0.4, 0.5) is 0 Å². The van der Waals surface area contributed by atoms with Crippen LogP contribution in [-0.2, 0) is 4.74 Å². The maximum atomic E-state index is 5.17. The van der Waals surface area contributed by atoms with Crippen LogP contribution in [0.25, 0.3) is 0 Å². The molecule has 0 bridgehead atoms. The van der Waals surface area contributed by atoms with Crippen molar-refractivity contribution in [2.24, 2.45) is 0 Å². The molecule has 0 aliphatic carbocycles. The lowest BCUT2D eigenvalue weighted by Gasteiger charge is -2.15. The summed E-state index contributed by atoms with van der Waals surface area (Å²) in [5.41, 5.74) is 0. The monoisotopic (exact) mass is 212 g/mol. The molecule has 42 valence electrons. The summed E-state index contributed by atoms with van der Waals surface area (Å²) in [6, 6.07) is 0. The lowest BCUT2D eigenvalue weighted by molar-refractivity contribution is 0.105. The molecule has 1 atom stereocenters. The molecule has 1 aliphatic rings. The number of ether oxygens (including phenoxy) is 1. The van der Waals surface area contributed by atoms with Gasteiger partial charge < -0.3 is 4.74 Å². The van der Waals surface area contributed by atoms with Gasteiger partial charge in [0.2, 0.25) is 0 Å². The maximum Gasteiger partial charge on any atom is 0.0583 e. The molecule has 0 saturated carbocycles. The van der Waals surface area contributed by atoms with Gasteiger partial charge in [0.05, 0.1) is 6.61 Å². The second kappa shape index (κ2) is 2.87. The molecule has 0 radical (unpaired) electrons. The van der Waals surface area contributed by atoms with Crippen LogP contribution in [-0.4, -0.2) is 17.1 Å². The highest BCUT2D eigenvalue weighted by Gasteiger charge is 2.07. The lowest BCUT2D eigenvalue weighted by atomic mass is 10.2. The van der Waals surface area contributed by atoms with Gasteiger partial charge in [-0.2, -0.15) is 0 Å². The van der Waals surface area contributed by atoms with E-state index in [4.69, 9.17) is 4.74 Å². The van der Waals surface area contributed by atoms with Gasteiger partial charge in [0.1, 0.15) is 0 Å². The van der Waals surface area contributed by atoms with Crippen molar-refractivity contribution in [3.8, 4) is 0 Å². The number of hydrogen-bond donors (Lipinski definition) is 0. The van der Waals surface area contributed by atoms with Crippen molar-refractivity contribution in [1.82, 2.24) is 0 Å². The summed E-state index contributed by atoms with van der Waals surface area (Å²) >= 11 is 2.43. The van der Waals surface area contributed by atoms with Gasteiger partial charge in [-0.1, -0.05) is 22.6 Å². The Labute approximate surface area is 57.6 Å². The van der Waals surface area contributed by atoms with Gasteiger partial charge in [0, 0.05) is 10.5 Å². The molecule has 1 nitrogen and oxygen atoms in total. The Morgan fingerprint density at radius 2 is 2.43 bits per heavy atom. The first-order chi connectivity index (χ1) is 3.39. The van der Waals surface area contributed by atoms with Crippen molar-refractivity contribution in [3.05, 3.63) is 0 Å². The van der Waals surface area contributed by atoms with E-state index in [2.05, 4.69) is 22.6 Å². The Morgan fingerprint density at radius 1 is 1.57 bits per heavy atom. The van der Waals surface area contributed by atoms with Crippen LogP contribution in [0.15, 0.2) is 0 Å². The average Bonchev–Trinajstić information content (AvgIpc) is 1.69. The van der Waals surface area contributed by atoms with Crippen molar-refractivity contribution >= 4 is 22.6 Å². The van der Waals surface area contributed by atoms with Crippen LogP contribution >= 0.6 is 22.6 Å². The molecule has 0 amide bonds. The maximum absolute atomic E-state index is 5.17. The van der Waals surface area contributed by atoms with Gasteiger partial charge in [-0.3, -0.25) is 0 Å². The molecule has 1 rings (SSSR count).